The number of cyclic esters (lactones) is 1. The molecule has 0 fully saturated rings. The van der Waals surface area contributed by atoms with E-state index in [9.17, 15) is 20.1 Å². The molecule has 0 aromatic heterocycles. The molecule has 4 unspecified atom stereocenters. The lowest BCUT2D eigenvalue weighted by atomic mass is 10.0. The Morgan fingerprint density at radius 1 is 1.35 bits per heavy atom. The van der Waals surface area contributed by atoms with Crippen molar-refractivity contribution in [1.82, 2.24) is 0 Å². The number of aliphatic hydroxyl groups excluding tert-OH is 3. The molecular weight excluding hydrogens is 224 g/mol. The van der Waals surface area contributed by atoms with Crippen LogP contribution in [0.4, 0.5) is 0 Å². The lowest BCUT2D eigenvalue weighted by Gasteiger charge is -2.24. The zero-order valence-electron chi connectivity index (χ0n) is 9.95. The first-order chi connectivity index (χ1) is 8.02. The first-order valence-corrected chi connectivity index (χ1v) is 5.95. The van der Waals surface area contributed by atoms with Gasteiger partial charge in [-0.15, -0.1) is 0 Å². The zero-order chi connectivity index (χ0) is 12.8. The number of esters is 1. The monoisotopic (exact) mass is 244 g/mol. The van der Waals surface area contributed by atoms with E-state index in [1.807, 2.05) is 6.92 Å². The standard InChI is InChI=1S/C12H20O5/c1-2-3-9-7-11(15)10(14)5-4-8(13)6-12(16)17-9/h4-5,8-11,13-15H,2-3,6-7H2,1H3. The van der Waals surface area contributed by atoms with Gasteiger partial charge in [0.15, 0.2) is 0 Å². The van der Waals surface area contributed by atoms with Gasteiger partial charge in [0.2, 0.25) is 0 Å². The molecule has 0 spiro atoms. The fourth-order valence-electron chi connectivity index (χ4n) is 1.80. The highest BCUT2D eigenvalue weighted by molar-refractivity contribution is 5.70. The van der Waals surface area contributed by atoms with Crippen LogP contribution in [0.5, 0.6) is 0 Å². The molecule has 5 nitrogen and oxygen atoms in total. The van der Waals surface area contributed by atoms with E-state index < -0.39 is 30.4 Å². The van der Waals surface area contributed by atoms with Crippen molar-refractivity contribution in [3.63, 3.8) is 0 Å². The molecule has 3 N–H and O–H groups in total. The number of hydrogen-bond acceptors (Lipinski definition) is 5. The molecule has 0 saturated carbocycles. The predicted octanol–water partition coefficient (Wildman–Crippen LogP) is 0.131. The second kappa shape index (κ2) is 6.74. The third kappa shape index (κ3) is 4.85. The summed E-state index contributed by atoms with van der Waals surface area (Å²) in [4.78, 5) is 11.4. The lowest BCUT2D eigenvalue weighted by Crippen LogP contribution is -2.33. The summed E-state index contributed by atoms with van der Waals surface area (Å²) in [5.41, 5.74) is 0. The molecule has 1 heterocycles. The van der Waals surface area contributed by atoms with E-state index in [4.69, 9.17) is 4.74 Å². The number of carbonyl (C=O) groups excluding carboxylic acids is 1. The lowest BCUT2D eigenvalue weighted by molar-refractivity contribution is -0.153. The molecule has 0 aliphatic carbocycles. The van der Waals surface area contributed by atoms with E-state index in [1.165, 1.54) is 12.2 Å². The summed E-state index contributed by atoms with van der Waals surface area (Å²) in [5.74, 6) is -0.482. The van der Waals surface area contributed by atoms with E-state index in [0.717, 1.165) is 6.42 Å². The van der Waals surface area contributed by atoms with Crippen molar-refractivity contribution in [2.24, 2.45) is 0 Å². The molecule has 4 atom stereocenters. The van der Waals surface area contributed by atoms with Gasteiger partial charge in [0.05, 0.1) is 24.7 Å². The Balaban J connectivity index is 2.74. The molecule has 0 bridgehead atoms. The van der Waals surface area contributed by atoms with Crippen molar-refractivity contribution >= 4 is 5.97 Å². The Morgan fingerprint density at radius 2 is 2.06 bits per heavy atom. The molecule has 0 aromatic rings. The van der Waals surface area contributed by atoms with E-state index in [2.05, 4.69) is 0 Å². The van der Waals surface area contributed by atoms with Crippen molar-refractivity contribution < 1.29 is 24.9 Å². The summed E-state index contributed by atoms with van der Waals surface area (Å²) in [6, 6.07) is 0. The van der Waals surface area contributed by atoms with Crippen molar-refractivity contribution in [3.8, 4) is 0 Å². The SMILES string of the molecule is CCCC1CC(O)C(O)C=CC(O)CC(=O)O1. The molecule has 1 aliphatic heterocycles. The van der Waals surface area contributed by atoms with Gasteiger partial charge in [-0.25, -0.2) is 0 Å². The normalized spacial score (nSPS) is 35.4. The molecule has 0 radical (unpaired) electrons. The Kier molecular flexibility index (Phi) is 5.61. The van der Waals surface area contributed by atoms with Crippen molar-refractivity contribution in [2.75, 3.05) is 0 Å². The smallest absolute Gasteiger partial charge is 0.309 e. The van der Waals surface area contributed by atoms with E-state index in [1.54, 1.807) is 0 Å². The first-order valence-electron chi connectivity index (χ1n) is 5.95. The minimum Gasteiger partial charge on any atom is -0.462 e. The number of hydrogen-bond donors (Lipinski definition) is 3. The molecule has 1 rings (SSSR count). The molecule has 5 heteroatoms. The van der Waals surface area contributed by atoms with Crippen LogP contribution in [0, 0.1) is 0 Å². The van der Waals surface area contributed by atoms with Gasteiger partial charge in [0, 0.05) is 6.42 Å². The summed E-state index contributed by atoms with van der Waals surface area (Å²) in [7, 11) is 0. The summed E-state index contributed by atoms with van der Waals surface area (Å²) in [6.07, 6.45) is 0.740. The Hall–Kier alpha value is -0.910. The number of ether oxygens (including phenoxy) is 1. The Bertz CT molecular complexity index is 276. The number of rotatable bonds is 2. The van der Waals surface area contributed by atoms with Crippen LogP contribution >= 0.6 is 0 Å². The second-order valence-corrected chi connectivity index (χ2v) is 4.35. The molecule has 0 amide bonds. The maximum atomic E-state index is 11.4. The molecule has 0 aromatic carbocycles. The third-order valence-electron chi connectivity index (χ3n) is 2.71. The van der Waals surface area contributed by atoms with Crippen LogP contribution in [0.25, 0.3) is 0 Å². The van der Waals surface area contributed by atoms with Gasteiger partial charge in [-0.1, -0.05) is 25.5 Å². The van der Waals surface area contributed by atoms with Crippen LogP contribution in [0.3, 0.4) is 0 Å². The maximum absolute atomic E-state index is 11.4. The maximum Gasteiger partial charge on any atom is 0.309 e. The number of aliphatic hydroxyl groups is 3. The first kappa shape index (κ1) is 14.2. The van der Waals surface area contributed by atoms with Crippen molar-refractivity contribution in [3.05, 3.63) is 12.2 Å². The topological polar surface area (TPSA) is 87.0 Å². The van der Waals surface area contributed by atoms with Crippen molar-refractivity contribution in [2.45, 2.75) is 57.0 Å². The third-order valence-corrected chi connectivity index (χ3v) is 2.71. The average molecular weight is 244 g/mol. The molecule has 17 heavy (non-hydrogen) atoms. The fourth-order valence-corrected chi connectivity index (χ4v) is 1.80. The minimum atomic E-state index is -1.04. The highest BCUT2D eigenvalue weighted by Crippen LogP contribution is 2.16. The van der Waals surface area contributed by atoms with Crippen LogP contribution in [-0.2, 0) is 9.53 Å². The van der Waals surface area contributed by atoms with Gasteiger partial charge >= 0.3 is 5.97 Å². The fraction of sp³-hybridized carbons (Fsp3) is 0.750. The predicted molar refractivity (Wildman–Crippen MR) is 61.2 cm³/mol. The zero-order valence-corrected chi connectivity index (χ0v) is 9.95. The van der Waals surface area contributed by atoms with Crippen LogP contribution < -0.4 is 0 Å². The molecule has 1 aliphatic rings. The van der Waals surface area contributed by atoms with Crippen LogP contribution in [0.1, 0.15) is 32.6 Å². The van der Waals surface area contributed by atoms with Gasteiger partial charge in [-0.05, 0) is 6.42 Å². The number of carbonyl (C=O) groups is 1. The van der Waals surface area contributed by atoms with Crippen LogP contribution in [-0.4, -0.2) is 45.7 Å². The molecular formula is C12H20O5. The second-order valence-electron chi connectivity index (χ2n) is 4.35. The minimum absolute atomic E-state index is 0.125. The molecule has 0 saturated heterocycles. The van der Waals surface area contributed by atoms with E-state index in [0.29, 0.717) is 6.42 Å². The summed E-state index contributed by atoms with van der Waals surface area (Å²) in [5, 5.41) is 28.7. The Labute approximate surface area is 101 Å². The highest BCUT2D eigenvalue weighted by atomic mass is 16.5. The largest absolute Gasteiger partial charge is 0.462 e. The van der Waals surface area contributed by atoms with Gasteiger partial charge in [-0.2, -0.15) is 0 Å². The average Bonchev–Trinajstić information content (AvgIpc) is 2.24. The van der Waals surface area contributed by atoms with Crippen molar-refractivity contribution in [1.29, 1.82) is 0 Å². The van der Waals surface area contributed by atoms with Gasteiger partial charge in [-0.3, -0.25) is 4.79 Å². The van der Waals surface area contributed by atoms with Gasteiger partial charge in [0.1, 0.15) is 6.10 Å². The van der Waals surface area contributed by atoms with Crippen LogP contribution in [0.15, 0.2) is 12.2 Å². The van der Waals surface area contributed by atoms with Crippen LogP contribution in [0.2, 0.25) is 0 Å². The van der Waals surface area contributed by atoms with Gasteiger partial charge < -0.3 is 20.1 Å². The quantitative estimate of drug-likeness (QED) is 0.475. The molecule has 98 valence electrons. The summed E-state index contributed by atoms with van der Waals surface area (Å²) >= 11 is 0. The van der Waals surface area contributed by atoms with Gasteiger partial charge in [0.25, 0.3) is 0 Å². The van der Waals surface area contributed by atoms with E-state index in [-0.39, 0.29) is 12.8 Å². The highest BCUT2D eigenvalue weighted by Gasteiger charge is 2.24. The Morgan fingerprint density at radius 3 is 2.71 bits per heavy atom. The summed E-state index contributed by atoms with van der Waals surface area (Å²) in [6.45, 7) is 1.95. The van der Waals surface area contributed by atoms with E-state index >= 15 is 0 Å². The summed E-state index contributed by atoms with van der Waals surface area (Å²) < 4.78 is 5.15.